The number of rotatable bonds is 5. The molecule has 0 aromatic carbocycles. The normalized spacial score (nSPS) is 25.2. The molecule has 1 aromatic rings. The number of nitrogens with one attached hydrogen (secondary N) is 1. The van der Waals surface area contributed by atoms with Crippen molar-refractivity contribution in [2.75, 3.05) is 26.7 Å². The third kappa shape index (κ3) is 4.09. The van der Waals surface area contributed by atoms with E-state index in [0.717, 1.165) is 37.2 Å². The summed E-state index contributed by atoms with van der Waals surface area (Å²) in [5, 5.41) is 3.57. The monoisotopic (exact) mass is 291 g/mol. The van der Waals surface area contributed by atoms with Gasteiger partial charge in [-0.3, -0.25) is 4.90 Å². The van der Waals surface area contributed by atoms with E-state index in [0.29, 0.717) is 6.04 Å². The molecule has 4 nitrogen and oxygen atoms in total. The topological polar surface area (TPSA) is 31.7 Å². The molecule has 1 saturated carbocycles. The molecular formula is C17H29N3O. The van der Waals surface area contributed by atoms with Gasteiger partial charge in [0.15, 0.2) is 0 Å². The minimum atomic E-state index is 0.593. The van der Waals surface area contributed by atoms with Crippen molar-refractivity contribution in [1.82, 2.24) is 15.1 Å². The average Bonchev–Trinajstić information content (AvgIpc) is 3.20. The lowest BCUT2D eigenvalue weighted by atomic mass is 10.2. The summed E-state index contributed by atoms with van der Waals surface area (Å²) < 4.78 is 5.99. The highest BCUT2D eigenvalue weighted by Crippen LogP contribution is 2.22. The first kappa shape index (κ1) is 15.1. The molecule has 2 aliphatic rings. The third-order valence-electron chi connectivity index (χ3n) is 4.77. The second-order valence-corrected chi connectivity index (χ2v) is 6.88. The molecule has 3 rings (SSSR count). The van der Waals surface area contributed by atoms with Crippen molar-refractivity contribution >= 4 is 0 Å². The van der Waals surface area contributed by atoms with Gasteiger partial charge in [0.25, 0.3) is 0 Å². The van der Waals surface area contributed by atoms with Gasteiger partial charge in [0, 0.05) is 37.3 Å². The van der Waals surface area contributed by atoms with Gasteiger partial charge in [-0.15, -0.1) is 0 Å². The number of aryl methyl sites for hydroxylation is 1. The minimum absolute atomic E-state index is 0.593. The Morgan fingerprint density at radius 2 is 2.14 bits per heavy atom. The molecule has 1 aliphatic carbocycles. The fraction of sp³-hybridized carbons (Fsp3) is 0.765. The van der Waals surface area contributed by atoms with Crippen LogP contribution in [-0.2, 0) is 13.1 Å². The van der Waals surface area contributed by atoms with Crippen LogP contribution in [0.4, 0.5) is 0 Å². The summed E-state index contributed by atoms with van der Waals surface area (Å²) in [6, 6.07) is 3.60. The Labute approximate surface area is 128 Å². The van der Waals surface area contributed by atoms with Crippen LogP contribution in [0.1, 0.15) is 43.3 Å². The van der Waals surface area contributed by atoms with Crippen molar-refractivity contribution in [2.45, 2.75) is 58.3 Å². The zero-order valence-electron chi connectivity index (χ0n) is 13.7. The zero-order valence-corrected chi connectivity index (χ0v) is 13.7. The summed E-state index contributed by atoms with van der Waals surface area (Å²) in [7, 11) is 2.22. The molecule has 1 unspecified atom stereocenters. The van der Waals surface area contributed by atoms with Crippen LogP contribution in [0.25, 0.3) is 0 Å². The first-order valence-corrected chi connectivity index (χ1v) is 8.36. The lowest BCUT2D eigenvalue weighted by Gasteiger charge is -2.26. The molecular weight excluding hydrogens is 262 g/mol. The molecule has 0 spiro atoms. The molecule has 1 atom stereocenters. The lowest BCUT2D eigenvalue weighted by Crippen LogP contribution is -2.37. The summed E-state index contributed by atoms with van der Waals surface area (Å²) in [4.78, 5) is 4.99. The Hall–Kier alpha value is -0.840. The Morgan fingerprint density at radius 3 is 2.90 bits per heavy atom. The summed E-state index contributed by atoms with van der Waals surface area (Å²) >= 11 is 0. The van der Waals surface area contributed by atoms with E-state index >= 15 is 0 Å². The van der Waals surface area contributed by atoms with E-state index in [2.05, 4.69) is 42.1 Å². The highest BCUT2D eigenvalue weighted by molar-refractivity contribution is 5.21. The third-order valence-corrected chi connectivity index (χ3v) is 4.77. The Balaban J connectivity index is 1.59. The van der Waals surface area contributed by atoms with Crippen LogP contribution in [0.15, 0.2) is 10.5 Å². The molecule has 0 radical (unpaired) electrons. The van der Waals surface area contributed by atoms with E-state index in [1.807, 2.05) is 0 Å². The van der Waals surface area contributed by atoms with Gasteiger partial charge in [-0.2, -0.15) is 0 Å². The van der Waals surface area contributed by atoms with Crippen LogP contribution in [0, 0.1) is 6.92 Å². The molecule has 118 valence electrons. The van der Waals surface area contributed by atoms with Crippen molar-refractivity contribution in [3.63, 3.8) is 0 Å². The summed E-state index contributed by atoms with van der Waals surface area (Å²) in [5.74, 6) is 2.20. The predicted octanol–water partition coefficient (Wildman–Crippen LogP) is 2.37. The second kappa shape index (κ2) is 6.51. The molecule has 1 saturated heterocycles. The van der Waals surface area contributed by atoms with Gasteiger partial charge >= 0.3 is 0 Å². The van der Waals surface area contributed by atoms with E-state index in [1.54, 1.807) is 0 Å². The Kier molecular flexibility index (Phi) is 4.67. The summed E-state index contributed by atoms with van der Waals surface area (Å²) in [6.07, 6.45) is 3.92. The van der Waals surface area contributed by atoms with E-state index < -0.39 is 0 Å². The number of nitrogens with zero attached hydrogens (tertiary/aromatic N) is 2. The highest BCUT2D eigenvalue weighted by Gasteiger charge is 2.23. The van der Waals surface area contributed by atoms with Gasteiger partial charge in [0.2, 0.25) is 0 Å². The van der Waals surface area contributed by atoms with Crippen LogP contribution in [0.3, 0.4) is 0 Å². The molecule has 4 heteroatoms. The molecule has 21 heavy (non-hydrogen) atoms. The number of hydrogen-bond acceptors (Lipinski definition) is 4. The van der Waals surface area contributed by atoms with E-state index in [9.17, 15) is 0 Å². The largest absolute Gasteiger partial charge is 0.465 e. The van der Waals surface area contributed by atoms with Crippen molar-refractivity contribution < 1.29 is 4.42 Å². The second-order valence-electron chi connectivity index (χ2n) is 6.88. The molecule has 1 aromatic heterocycles. The standard InChI is InChI=1S/C17H29N3O/c1-13-11-19(3)7-4-8-20(13)12-17-9-15(14(2)21-17)10-18-16-5-6-16/h9,13,16,18H,4-8,10-12H2,1-3H3. The Bertz CT molecular complexity index is 467. The fourth-order valence-electron chi connectivity index (χ4n) is 3.24. The van der Waals surface area contributed by atoms with Crippen LogP contribution in [0.5, 0.6) is 0 Å². The summed E-state index contributed by atoms with van der Waals surface area (Å²) in [5.41, 5.74) is 1.33. The highest BCUT2D eigenvalue weighted by atomic mass is 16.3. The SMILES string of the molecule is Cc1oc(CN2CCCN(C)CC2C)cc1CNC1CC1. The number of likely N-dealkylation sites (N-methyl/N-ethyl adjacent to an activating group) is 1. The first-order valence-electron chi connectivity index (χ1n) is 8.36. The van der Waals surface area contributed by atoms with E-state index in [-0.39, 0.29) is 0 Å². The molecule has 2 fully saturated rings. The summed E-state index contributed by atoms with van der Waals surface area (Å²) in [6.45, 7) is 9.84. The van der Waals surface area contributed by atoms with Crippen molar-refractivity contribution in [1.29, 1.82) is 0 Å². The van der Waals surface area contributed by atoms with Gasteiger partial charge in [-0.25, -0.2) is 0 Å². The van der Waals surface area contributed by atoms with Crippen LogP contribution < -0.4 is 5.32 Å². The van der Waals surface area contributed by atoms with Crippen molar-refractivity contribution in [3.8, 4) is 0 Å². The number of furan rings is 1. The maximum Gasteiger partial charge on any atom is 0.118 e. The molecule has 0 bridgehead atoms. The minimum Gasteiger partial charge on any atom is -0.465 e. The van der Waals surface area contributed by atoms with Crippen LogP contribution >= 0.6 is 0 Å². The Morgan fingerprint density at radius 1 is 1.33 bits per heavy atom. The molecule has 2 heterocycles. The zero-order chi connectivity index (χ0) is 14.8. The quantitative estimate of drug-likeness (QED) is 0.902. The van der Waals surface area contributed by atoms with Crippen LogP contribution in [-0.4, -0.2) is 48.6 Å². The van der Waals surface area contributed by atoms with E-state index in [4.69, 9.17) is 4.42 Å². The van der Waals surface area contributed by atoms with Gasteiger partial charge < -0.3 is 14.6 Å². The number of hydrogen-bond donors (Lipinski definition) is 1. The molecule has 1 N–H and O–H groups in total. The first-order chi connectivity index (χ1) is 10.1. The lowest BCUT2D eigenvalue weighted by molar-refractivity contribution is 0.181. The predicted molar refractivity (Wildman–Crippen MR) is 85.3 cm³/mol. The maximum absolute atomic E-state index is 5.99. The van der Waals surface area contributed by atoms with Crippen LogP contribution in [0.2, 0.25) is 0 Å². The van der Waals surface area contributed by atoms with Gasteiger partial charge in [0.1, 0.15) is 11.5 Å². The average molecular weight is 291 g/mol. The van der Waals surface area contributed by atoms with Gasteiger partial charge in [-0.1, -0.05) is 0 Å². The van der Waals surface area contributed by atoms with Gasteiger partial charge in [0.05, 0.1) is 6.54 Å². The maximum atomic E-state index is 5.99. The van der Waals surface area contributed by atoms with Crippen molar-refractivity contribution in [2.24, 2.45) is 0 Å². The van der Waals surface area contributed by atoms with E-state index in [1.165, 1.54) is 37.9 Å². The molecule has 0 amide bonds. The van der Waals surface area contributed by atoms with Gasteiger partial charge in [-0.05, 0) is 52.8 Å². The van der Waals surface area contributed by atoms with Crippen molar-refractivity contribution in [3.05, 3.63) is 23.2 Å². The fourth-order valence-corrected chi connectivity index (χ4v) is 3.24. The molecule has 1 aliphatic heterocycles. The smallest absolute Gasteiger partial charge is 0.118 e.